The van der Waals surface area contributed by atoms with Gasteiger partial charge in [0, 0.05) is 16.0 Å². The van der Waals surface area contributed by atoms with E-state index in [9.17, 15) is 4.79 Å². The lowest BCUT2D eigenvalue weighted by Crippen LogP contribution is -2.13. The minimum absolute atomic E-state index is 0.134. The molecular weight excluding hydrogens is 452 g/mol. The first-order valence-corrected chi connectivity index (χ1v) is 12.2. The first kappa shape index (κ1) is 21.4. The lowest BCUT2D eigenvalue weighted by atomic mass is 10.0. The van der Waals surface area contributed by atoms with Crippen LogP contribution in [0.1, 0.15) is 21.8 Å². The molecule has 9 heteroatoms. The predicted octanol–water partition coefficient (Wildman–Crippen LogP) is 4.84. The van der Waals surface area contributed by atoms with Crippen LogP contribution < -0.4 is 11.4 Å². The van der Waals surface area contributed by atoms with Crippen molar-refractivity contribution in [3.63, 3.8) is 0 Å². The molecule has 0 spiro atoms. The number of hydrogen-bond donors (Lipinski definition) is 2. The number of aryl methyl sites for hydroxylation is 3. The van der Waals surface area contributed by atoms with Crippen LogP contribution in [0.2, 0.25) is 0 Å². The molecular formula is C24H22N6OS2. The van der Waals surface area contributed by atoms with Crippen molar-refractivity contribution in [2.24, 2.45) is 0 Å². The third-order valence-corrected chi connectivity index (χ3v) is 7.39. The van der Waals surface area contributed by atoms with E-state index in [4.69, 9.17) is 10.8 Å². The van der Waals surface area contributed by atoms with E-state index in [1.165, 1.54) is 33.3 Å². The lowest BCUT2D eigenvalue weighted by molar-refractivity contribution is 0.848. The number of hydrogen-bond acceptors (Lipinski definition) is 7. The monoisotopic (exact) mass is 474 g/mol. The molecule has 0 aliphatic heterocycles. The summed E-state index contributed by atoms with van der Waals surface area (Å²) in [4.78, 5) is 22.5. The van der Waals surface area contributed by atoms with Crippen LogP contribution in [0.15, 0.2) is 58.5 Å². The van der Waals surface area contributed by atoms with E-state index in [-0.39, 0.29) is 5.56 Å². The van der Waals surface area contributed by atoms with Crippen LogP contribution in [-0.2, 0) is 5.75 Å². The minimum Gasteiger partial charge on any atom is -0.335 e. The van der Waals surface area contributed by atoms with Crippen LogP contribution in [-0.4, -0.2) is 24.8 Å². The fourth-order valence-electron chi connectivity index (χ4n) is 3.71. The van der Waals surface area contributed by atoms with Gasteiger partial charge in [0.25, 0.3) is 5.56 Å². The number of nitrogens with one attached hydrogen (secondary N) is 1. The van der Waals surface area contributed by atoms with Gasteiger partial charge in [0.05, 0.1) is 11.1 Å². The number of fused-ring (bicyclic) bond motifs is 1. The zero-order valence-electron chi connectivity index (χ0n) is 18.4. The van der Waals surface area contributed by atoms with Crippen LogP contribution in [0.4, 0.5) is 0 Å². The Morgan fingerprint density at radius 3 is 2.27 bits per heavy atom. The van der Waals surface area contributed by atoms with Crippen LogP contribution in [0.25, 0.3) is 32.7 Å². The number of aromatic nitrogens is 5. The topological polar surface area (TPSA) is 102 Å². The molecule has 0 amide bonds. The number of nitrogens with zero attached hydrogens (tertiary/aromatic N) is 4. The number of thiophene rings is 1. The van der Waals surface area contributed by atoms with Gasteiger partial charge in [-0.05, 0) is 26.3 Å². The van der Waals surface area contributed by atoms with Crippen molar-refractivity contribution in [2.75, 3.05) is 5.84 Å². The molecule has 3 aromatic heterocycles. The SMILES string of the molecule is Cc1ccc(-c2c(C)sc3nc(CSc4nnc(-c5ccc(C)cc5)n4N)[nH]c(=O)c23)cc1. The average Bonchev–Trinajstić information content (AvgIpc) is 3.33. The maximum atomic E-state index is 13.0. The first-order valence-electron chi connectivity index (χ1n) is 10.4. The second kappa shape index (κ2) is 8.49. The van der Waals surface area contributed by atoms with Crippen LogP contribution in [0.3, 0.4) is 0 Å². The summed E-state index contributed by atoms with van der Waals surface area (Å²) in [5.74, 6) is 7.83. The Morgan fingerprint density at radius 2 is 1.61 bits per heavy atom. The summed E-state index contributed by atoms with van der Waals surface area (Å²) in [7, 11) is 0. The smallest absolute Gasteiger partial charge is 0.260 e. The molecule has 0 aliphatic rings. The molecule has 0 saturated carbocycles. The summed E-state index contributed by atoms with van der Waals surface area (Å²) < 4.78 is 1.47. The molecule has 0 unspecified atom stereocenters. The molecule has 3 heterocycles. The molecule has 0 atom stereocenters. The number of nitrogen functional groups attached to an aromatic ring is 1. The maximum Gasteiger partial charge on any atom is 0.260 e. The van der Waals surface area contributed by atoms with E-state index in [0.29, 0.717) is 27.9 Å². The number of nitrogens with two attached hydrogens (primary N) is 1. The summed E-state index contributed by atoms with van der Waals surface area (Å²) in [6.07, 6.45) is 0. The number of aromatic amines is 1. The van der Waals surface area contributed by atoms with Crippen molar-refractivity contribution >= 4 is 33.3 Å². The zero-order valence-corrected chi connectivity index (χ0v) is 20.0. The largest absolute Gasteiger partial charge is 0.335 e. The van der Waals surface area contributed by atoms with Gasteiger partial charge in [0.1, 0.15) is 10.7 Å². The third kappa shape index (κ3) is 4.05. The Labute approximate surface area is 198 Å². The Balaban J connectivity index is 1.42. The second-order valence-corrected chi connectivity index (χ2v) is 10.1. The van der Waals surface area contributed by atoms with Crippen molar-refractivity contribution in [1.29, 1.82) is 0 Å². The Bertz CT molecular complexity index is 1510. The molecule has 0 aliphatic carbocycles. The van der Waals surface area contributed by atoms with E-state index < -0.39 is 0 Å². The van der Waals surface area contributed by atoms with Crippen molar-refractivity contribution in [1.82, 2.24) is 24.8 Å². The van der Waals surface area contributed by atoms with E-state index >= 15 is 0 Å². The molecule has 166 valence electrons. The summed E-state index contributed by atoms with van der Waals surface area (Å²) in [5.41, 5.74) is 5.08. The van der Waals surface area contributed by atoms with E-state index in [1.807, 2.05) is 57.2 Å². The van der Waals surface area contributed by atoms with Gasteiger partial charge in [-0.1, -0.05) is 71.4 Å². The van der Waals surface area contributed by atoms with Gasteiger partial charge in [0.15, 0.2) is 5.82 Å². The van der Waals surface area contributed by atoms with Gasteiger partial charge in [-0.2, -0.15) is 0 Å². The number of thioether (sulfide) groups is 1. The molecule has 2 aromatic carbocycles. The number of H-pyrrole nitrogens is 1. The van der Waals surface area contributed by atoms with E-state index in [1.54, 1.807) is 0 Å². The Hall–Kier alpha value is -3.43. The summed E-state index contributed by atoms with van der Waals surface area (Å²) in [6.45, 7) is 6.10. The molecule has 5 aromatic rings. The fourth-order valence-corrected chi connectivity index (χ4v) is 5.50. The molecule has 0 bridgehead atoms. The number of rotatable bonds is 5. The lowest BCUT2D eigenvalue weighted by Gasteiger charge is -2.05. The van der Waals surface area contributed by atoms with Crippen LogP contribution >= 0.6 is 23.1 Å². The standard InChI is InChI=1S/C24H22N6OS2/c1-13-4-8-16(9-5-13)19-15(3)33-23-20(19)22(31)26-18(27-23)12-32-24-29-28-21(30(24)25)17-10-6-14(2)7-11-17/h4-11H,12,25H2,1-3H3,(H,26,27,31). The molecule has 3 N–H and O–H groups in total. The van der Waals surface area contributed by atoms with Crippen molar-refractivity contribution < 1.29 is 0 Å². The van der Waals surface area contributed by atoms with E-state index in [0.717, 1.165) is 32.0 Å². The number of benzene rings is 2. The van der Waals surface area contributed by atoms with Gasteiger partial charge in [-0.3, -0.25) is 4.79 Å². The minimum atomic E-state index is -0.134. The van der Waals surface area contributed by atoms with Crippen molar-refractivity contribution in [3.8, 4) is 22.5 Å². The van der Waals surface area contributed by atoms with Crippen molar-refractivity contribution in [2.45, 2.75) is 31.7 Å². The Kier molecular flexibility index (Phi) is 5.51. The van der Waals surface area contributed by atoms with E-state index in [2.05, 4.69) is 27.3 Å². The molecule has 0 radical (unpaired) electrons. The van der Waals surface area contributed by atoms with Gasteiger partial charge in [0.2, 0.25) is 5.16 Å². The fraction of sp³-hybridized carbons (Fsp3) is 0.167. The van der Waals surface area contributed by atoms with Gasteiger partial charge >= 0.3 is 0 Å². The van der Waals surface area contributed by atoms with Crippen LogP contribution in [0, 0.1) is 20.8 Å². The zero-order chi connectivity index (χ0) is 23.1. The highest BCUT2D eigenvalue weighted by molar-refractivity contribution is 7.98. The molecule has 0 saturated heterocycles. The Morgan fingerprint density at radius 1 is 0.970 bits per heavy atom. The maximum absolute atomic E-state index is 13.0. The first-order chi connectivity index (χ1) is 15.9. The second-order valence-electron chi connectivity index (χ2n) is 7.92. The van der Waals surface area contributed by atoms with Gasteiger partial charge < -0.3 is 10.8 Å². The normalized spacial score (nSPS) is 11.4. The molecule has 33 heavy (non-hydrogen) atoms. The third-order valence-electron chi connectivity index (χ3n) is 5.44. The highest BCUT2D eigenvalue weighted by Gasteiger charge is 2.18. The molecule has 0 fully saturated rings. The van der Waals surface area contributed by atoms with Crippen molar-refractivity contribution in [3.05, 3.63) is 80.7 Å². The van der Waals surface area contributed by atoms with Crippen LogP contribution in [0.5, 0.6) is 0 Å². The summed E-state index contributed by atoms with van der Waals surface area (Å²) >= 11 is 2.92. The predicted molar refractivity (Wildman–Crippen MR) is 135 cm³/mol. The van der Waals surface area contributed by atoms with Gasteiger partial charge in [-0.15, -0.1) is 21.5 Å². The highest BCUT2D eigenvalue weighted by atomic mass is 32.2. The molecule has 7 nitrogen and oxygen atoms in total. The summed E-state index contributed by atoms with van der Waals surface area (Å²) in [6, 6.07) is 16.2. The molecule has 5 rings (SSSR count). The van der Waals surface area contributed by atoms with Gasteiger partial charge in [-0.25, -0.2) is 9.66 Å². The highest BCUT2D eigenvalue weighted by Crippen LogP contribution is 2.36. The average molecular weight is 475 g/mol. The summed E-state index contributed by atoms with van der Waals surface area (Å²) in [5, 5.41) is 9.63. The quantitative estimate of drug-likeness (QED) is 0.279.